The third kappa shape index (κ3) is 4.19. The maximum atomic E-state index is 13.9. The van der Waals surface area contributed by atoms with Crippen molar-refractivity contribution in [2.24, 2.45) is 0 Å². The van der Waals surface area contributed by atoms with Crippen molar-refractivity contribution in [1.82, 2.24) is 19.6 Å². The number of hydrogen-bond acceptors (Lipinski definition) is 4. The molecule has 148 valence electrons. The average molecular weight is 392 g/mol. The predicted octanol–water partition coefficient (Wildman–Crippen LogP) is 4.23. The Bertz CT molecular complexity index is 935. The summed E-state index contributed by atoms with van der Waals surface area (Å²) in [5, 5.41) is 8.79. The zero-order valence-corrected chi connectivity index (χ0v) is 15.0. The van der Waals surface area contributed by atoms with Crippen molar-refractivity contribution in [1.29, 1.82) is 0 Å². The lowest BCUT2D eigenvalue weighted by molar-refractivity contribution is -0.0521. The first-order valence-electron chi connectivity index (χ1n) is 9.01. The summed E-state index contributed by atoms with van der Waals surface area (Å²) in [7, 11) is 0. The van der Waals surface area contributed by atoms with Gasteiger partial charge in [0.1, 0.15) is 6.23 Å². The molecule has 9 heteroatoms. The zero-order valence-electron chi connectivity index (χ0n) is 15.0. The molecule has 1 atom stereocenters. The Balaban J connectivity index is 1.45. The molecule has 0 amide bonds. The van der Waals surface area contributed by atoms with Crippen LogP contribution in [0.25, 0.3) is 11.3 Å². The van der Waals surface area contributed by atoms with Gasteiger partial charge in [-0.2, -0.15) is 19.0 Å². The van der Waals surface area contributed by atoms with E-state index in [1.165, 1.54) is 12.1 Å². The van der Waals surface area contributed by atoms with Crippen LogP contribution < -0.4 is 4.74 Å². The highest BCUT2D eigenvalue weighted by molar-refractivity contribution is 5.59. The summed E-state index contributed by atoms with van der Waals surface area (Å²) in [5.74, 6) is -1.35. The summed E-state index contributed by atoms with van der Waals surface area (Å²) < 4.78 is 51.8. The fourth-order valence-corrected chi connectivity index (χ4v) is 3.19. The average Bonchev–Trinajstić information content (AvgIpc) is 3.34. The van der Waals surface area contributed by atoms with Gasteiger partial charge in [-0.3, -0.25) is 4.68 Å². The maximum Gasteiger partial charge on any atom is 0.387 e. The van der Waals surface area contributed by atoms with E-state index in [1.807, 2.05) is 10.9 Å². The molecule has 0 saturated carbocycles. The summed E-state index contributed by atoms with van der Waals surface area (Å²) in [4.78, 5) is 0. The van der Waals surface area contributed by atoms with E-state index in [0.29, 0.717) is 17.8 Å². The molecule has 0 bridgehead atoms. The van der Waals surface area contributed by atoms with Gasteiger partial charge in [0, 0.05) is 30.1 Å². The molecule has 3 aromatic rings. The molecule has 0 spiro atoms. The van der Waals surface area contributed by atoms with Gasteiger partial charge in [0.15, 0.2) is 11.6 Å². The topological polar surface area (TPSA) is 54.1 Å². The van der Waals surface area contributed by atoms with E-state index < -0.39 is 18.2 Å². The van der Waals surface area contributed by atoms with Crippen LogP contribution in [0.2, 0.25) is 0 Å². The molecule has 4 rings (SSSR count). The van der Waals surface area contributed by atoms with Crippen molar-refractivity contribution in [3.63, 3.8) is 0 Å². The Kier molecular flexibility index (Phi) is 5.34. The second-order valence-electron chi connectivity index (χ2n) is 6.57. The molecule has 1 aliphatic rings. The van der Waals surface area contributed by atoms with Crippen molar-refractivity contribution in [2.45, 2.75) is 38.6 Å². The van der Waals surface area contributed by atoms with Crippen molar-refractivity contribution in [2.75, 3.05) is 6.61 Å². The fraction of sp³-hybridized carbons (Fsp3) is 0.368. The number of rotatable bonds is 6. The third-order valence-electron chi connectivity index (χ3n) is 4.53. The Morgan fingerprint density at radius 2 is 2.14 bits per heavy atom. The maximum absolute atomic E-state index is 13.9. The van der Waals surface area contributed by atoms with E-state index >= 15 is 0 Å². The summed E-state index contributed by atoms with van der Waals surface area (Å²) in [6.45, 7) is -1.82. The molecule has 3 heterocycles. The third-order valence-corrected chi connectivity index (χ3v) is 4.53. The van der Waals surface area contributed by atoms with E-state index in [2.05, 4.69) is 14.9 Å². The first-order valence-corrected chi connectivity index (χ1v) is 9.01. The molecule has 2 aromatic heterocycles. The smallest absolute Gasteiger partial charge is 0.387 e. The highest BCUT2D eigenvalue weighted by Gasteiger charge is 2.17. The molecule has 1 fully saturated rings. The molecule has 0 aliphatic carbocycles. The first-order chi connectivity index (χ1) is 13.6. The van der Waals surface area contributed by atoms with Crippen LogP contribution in [0, 0.1) is 5.82 Å². The summed E-state index contributed by atoms with van der Waals surface area (Å²) in [6, 6.07) is 5.52. The minimum Gasteiger partial charge on any atom is -0.432 e. The van der Waals surface area contributed by atoms with E-state index in [0.717, 1.165) is 37.5 Å². The second-order valence-corrected chi connectivity index (χ2v) is 6.57. The van der Waals surface area contributed by atoms with Gasteiger partial charge < -0.3 is 9.47 Å². The van der Waals surface area contributed by atoms with E-state index in [9.17, 15) is 13.2 Å². The van der Waals surface area contributed by atoms with Crippen molar-refractivity contribution in [3.05, 3.63) is 54.2 Å². The number of aromatic nitrogens is 4. The van der Waals surface area contributed by atoms with Gasteiger partial charge in [-0.25, -0.2) is 9.07 Å². The summed E-state index contributed by atoms with van der Waals surface area (Å²) in [6.07, 6.45) is 8.61. The molecular weight excluding hydrogens is 373 g/mol. The number of halogens is 3. The molecule has 28 heavy (non-hydrogen) atoms. The van der Waals surface area contributed by atoms with Crippen LogP contribution in [-0.4, -0.2) is 32.8 Å². The van der Waals surface area contributed by atoms with Crippen LogP contribution in [-0.2, 0) is 11.3 Å². The zero-order chi connectivity index (χ0) is 19.5. The monoisotopic (exact) mass is 392 g/mol. The highest BCUT2D eigenvalue weighted by Crippen LogP contribution is 2.26. The van der Waals surface area contributed by atoms with Gasteiger partial charge in [0.2, 0.25) is 0 Å². The van der Waals surface area contributed by atoms with Crippen molar-refractivity contribution < 1.29 is 22.6 Å². The predicted molar refractivity (Wildman–Crippen MR) is 94.4 cm³/mol. The van der Waals surface area contributed by atoms with E-state index in [4.69, 9.17) is 4.74 Å². The molecule has 0 N–H and O–H groups in total. The van der Waals surface area contributed by atoms with Gasteiger partial charge in [-0.05, 0) is 43.5 Å². The minimum atomic E-state index is -3.07. The van der Waals surface area contributed by atoms with Crippen molar-refractivity contribution in [3.8, 4) is 17.0 Å². The molecular formula is C19H19F3N4O2. The van der Waals surface area contributed by atoms with Gasteiger partial charge >= 0.3 is 6.61 Å². The number of alkyl halides is 2. The molecule has 0 radical (unpaired) electrons. The Morgan fingerprint density at radius 1 is 1.25 bits per heavy atom. The first kappa shape index (κ1) is 18.5. The number of nitrogens with zero attached hydrogens (tertiary/aromatic N) is 4. The largest absolute Gasteiger partial charge is 0.432 e. The summed E-state index contributed by atoms with van der Waals surface area (Å²) >= 11 is 0. The van der Waals surface area contributed by atoms with E-state index in [1.54, 1.807) is 23.1 Å². The molecule has 1 saturated heterocycles. The normalized spacial score (nSPS) is 17.2. The second kappa shape index (κ2) is 8.05. The van der Waals surface area contributed by atoms with Crippen LogP contribution in [0.4, 0.5) is 13.2 Å². The lowest BCUT2D eigenvalue weighted by atomic mass is 10.1. The van der Waals surface area contributed by atoms with E-state index in [-0.39, 0.29) is 6.23 Å². The number of ether oxygens (including phenoxy) is 2. The summed E-state index contributed by atoms with van der Waals surface area (Å²) in [5.41, 5.74) is 1.98. The van der Waals surface area contributed by atoms with Crippen LogP contribution in [0.3, 0.4) is 0 Å². The van der Waals surface area contributed by atoms with Gasteiger partial charge in [-0.15, -0.1) is 0 Å². The van der Waals surface area contributed by atoms with Crippen LogP contribution >= 0.6 is 0 Å². The highest BCUT2D eigenvalue weighted by atomic mass is 19.3. The Morgan fingerprint density at radius 3 is 2.89 bits per heavy atom. The lowest BCUT2D eigenvalue weighted by Crippen LogP contribution is -2.18. The van der Waals surface area contributed by atoms with Gasteiger partial charge in [0.05, 0.1) is 18.4 Å². The lowest BCUT2D eigenvalue weighted by Gasteiger charge is -2.22. The standard InChI is InChI=1S/C19H19F3N4O2/c20-15-9-14(4-5-17(15)28-19(21)22)16-6-7-25(24-16)11-13-10-23-26(12-13)18-3-1-2-8-27-18/h4-7,9-10,12,18-19H,1-3,8,11H2. The van der Waals surface area contributed by atoms with Gasteiger partial charge in [-0.1, -0.05) is 0 Å². The number of benzene rings is 1. The van der Waals surface area contributed by atoms with Crippen LogP contribution in [0.15, 0.2) is 42.9 Å². The molecule has 6 nitrogen and oxygen atoms in total. The fourth-order valence-electron chi connectivity index (χ4n) is 3.19. The molecule has 1 aromatic carbocycles. The molecule has 1 aliphatic heterocycles. The quantitative estimate of drug-likeness (QED) is 0.630. The molecule has 1 unspecified atom stereocenters. The van der Waals surface area contributed by atoms with Crippen LogP contribution in [0.5, 0.6) is 5.75 Å². The Hall–Kier alpha value is -2.81. The number of hydrogen-bond donors (Lipinski definition) is 0. The minimum absolute atomic E-state index is 0.0207. The van der Waals surface area contributed by atoms with Crippen LogP contribution in [0.1, 0.15) is 31.1 Å². The SMILES string of the molecule is Fc1cc(-c2ccn(Cc3cnn(C4CCCCO4)c3)n2)ccc1OC(F)F. The Labute approximate surface area is 159 Å². The van der Waals surface area contributed by atoms with Gasteiger partial charge in [0.25, 0.3) is 0 Å². The van der Waals surface area contributed by atoms with Crippen molar-refractivity contribution >= 4 is 0 Å².